The Bertz CT molecular complexity index is 1260. The summed E-state index contributed by atoms with van der Waals surface area (Å²) in [6, 6.07) is 9.47. The number of hydrogen-bond donors (Lipinski definition) is 3. The number of nitrogens with zero attached hydrogens (tertiary/aromatic N) is 2. The number of likely N-dealkylation sites (N-methyl/N-ethyl adjacent to an activating group) is 1. The molecule has 4 amide bonds. The summed E-state index contributed by atoms with van der Waals surface area (Å²) in [6.07, 6.45) is 1.16. The number of ether oxygens (including phenoxy) is 3. The van der Waals surface area contributed by atoms with Crippen LogP contribution < -0.4 is 24.8 Å². The fourth-order valence-corrected chi connectivity index (χ4v) is 4.69. The molecule has 0 radical (unpaired) electrons. The molecule has 0 unspecified atom stereocenters. The van der Waals surface area contributed by atoms with Crippen LogP contribution >= 0.6 is 0 Å². The van der Waals surface area contributed by atoms with Gasteiger partial charge in [0.15, 0.2) is 17.2 Å². The van der Waals surface area contributed by atoms with Gasteiger partial charge in [-0.1, -0.05) is 13.0 Å². The molecule has 0 aromatic heterocycles. The molecule has 11 nitrogen and oxygen atoms in total. The minimum absolute atomic E-state index is 0.0308. The molecular formula is C28H34N4O7. The van der Waals surface area contributed by atoms with Gasteiger partial charge in [0.2, 0.25) is 12.7 Å². The van der Waals surface area contributed by atoms with E-state index in [-0.39, 0.29) is 55.4 Å². The highest BCUT2D eigenvalue weighted by molar-refractivity contribution is 6.02. The van der Waals surface area contributed by atoms with Gasteiger partial charge in [-0.15, -0.1) is 0 Å². The fourth-order valence-electron chi connectivity index (χ4n) is 4.69. The summed E-state index contributed by atoms with van der Waals surface area (Å²) in [7, 11) is 1.66. The van der Waals surface area contributed by atoms with Gasteiger partial charge >= 0.3 is 6.03 Å². The van der Waals surface area contributed by atoms with Crippen molar-refractivity contribution in [3.63, 3.8) is 0 Å². The smallest absolute Gasteiger partial charge is 0.321 e. The first-order valence-electron chi connectivity index (χ1n) is 13.2. The van der Waals surface area contributed by atoms with Crippen LogP contribution in [-0.2, 0) is 4.79 Å². The maximum Gasteiger partial charge on any atom is 0.321 e. The average Bonchev–Trinajstić information content (AvgIpc) is 3.68. The highest BCUT2D eigenvalue weighted by Gasteiger charge is 2.36. The third-order valence-electron chi connectivity index (χ3n) is 7.32. The number of carbonyl (C=O) groups excluding carboxylic acids is 3. The number of amides is 4. The number of nitrogens with one attached hydrogen (secondary N) is 2. The van der Waals surface area contributed by atoms with Crippen LogP contribution in [0.2, 0.25) is 0 Å². The molecular weight excluding hydrogens is 504 g/mol. The molecule has 2 aromatic carbocycles. The SMILES string of the molecule is C[C@H](CO)N1C[C@H](C)[C@H](CN(C)C(=O)Nc2ccc3c(c2)OCO3)Oc2c(NC(=O)C3CC3)cccc2C1=O. The predicted octanol–water partition coefficient (Wildman–Crippen LogP) is 3.15. The first kappa shape index (κ1) is 26.6. The number of urea groups is 1. The van der Waals surface area contributed by atoms with Crippen LogP contribution in [0.15, 0.2) is 36.4 Å². The molecule has 0 bridgehead atoms. The van der Waals surface area contributed by atoms with Crippen molar-refractivity contribution < 1.29 is 33.7 Å². The maximum absolute atomic E-state index is 13.6. The lowest BCUT2D eigenvalue weighted by Gasteiger charge is -2.38. The lowest BCUT2D eigenvalue weighted by Crippen LogP contribution is -2.50. The average molecular weight is 539 g/mol. The second kappa shape index (κ2) is 11.0. The van der Waals surface area contributed by atoms with E-state index in [2.05, 4.69) is 10.6 Å². The summed E-state index contributed by atoms with van der Waals surface area (Å²) in [5, 5.41) is 15.7. The monoisotopic (exact) mass is 538 g/mol. The van der Waals surface area contributed by atoms with Crippen molar-refractivity contribution in [3.8, 4) is 17.2 Å². The zero-order chi connectivity index (χ0) is 27.7. The van der Waals surface area contributed by atoms with Gasteiger partial charge in [0.25, 0.3) is 5.91 Å². The van der Waals surface area contributed by atoms with Gasteiger partial charge in [0.1, 0.15) is 6.10 Å². The van der Waals surface area contributed by atoms with Crippen molar-refractivity contribution in [1.82, 2.24) is 9.80 Å². The first-order chi connectivity index (χ1) is 18.7. The maximum atomic E-state index is 13.6. The standard InChI is InChI=1S/C28H34N4O7/c1-16-12-32(17(2)14-33)27(35)20-5-4-6-21(30-26(34)18-7-8-18)25(20)39-24(16)13-31(3)28(36)29-19-9-10-22-23(11-19)38-15-37-22/h4-6,9-11,16-18,24,33H,7-8,12-15H2,1-3H3,(H,29,36)(H,30,34)/t16-,17+,24-/m0/s1. The molecule has 39 heavy (non-hydrogen) atoms. The van der Waals surface area contributed by atoms with Crippen LogP contribution in [0.25, 0.3) is 0 Å². The number of aliphatic hydroxyl groups excluding tert-OH is 1. The minimum atomic E-state index is -0.517. The summed E-state index contributed by atoms with van der Waals surface area (Å²) in [5.74, 6) is 0.832. The quantitative estimate of drug-likeness (QED) is 0.494. The van der Waals surface area contributed by atoms with E-state index in [4.69, 9.17) is 14.2 Å². The summed E-state index contributed by atoms with van der Waals surface area (Å²) >= 11 is 0. The number of aliphatic hydroxyl groups is 1. The third kappa shape index (κ3) is 5.73. The predicted molar refractivity (Wildman–Crippen MR) is 143 cm³/mol. The second-order valence-corrected chi connectivity index (χ2v) is 10.4. The molecule has 3 N–H and O–H groups in total. The Morgan fingerprint density at radius 2 is 1.92 bits per heavy atom. The third-order valence-corrected chi connectivity index (χ3v) is 7.32. The van der Waals surface area contributed by atoms with E-state index in [0.717, 1.165) is 12.8 Å². The van der Waals surface area contributed by atoms with Gasteiger partial charge in [-0.05, 0) is 44.0 Å². The Kier molecular flexibility index (Phi) is 7.51. The highest BCUT2D eigenvalue weighted by atomic mass is 16.7. The van der Waals surface area contributed by atoms with E-state index in [0.29, 0.717) is 35.0 Å². The van der Waals surface area contributed by atoms with E-state index in [9.17, 15) is 19.5 Å². The molecule has 0 spiro atoms. The molecule has 1 saturated carbocycles. The number of anilines is 2. The molecule has 208 valence electrons. The van der Waals surface area contributed by atoms with Gasteiger partial charge < -0.3 is 39.8 Å². The largest absolute Gasteiger partial charge is 0.485 e. The molecule has 5 rings (SSSR count). The Morgan fingerprint density at radius 1 is 1.15 bits per heavy atom. The summed E-state index contributed by atoms with van der Waals surface area (Å²) in [6.45, 7) is 4.19. The van der Waals surface area contributed by atoms with Gasteiger partial charge in [-0.25, -0.2) is 4.79 Å². The Balaban J connectivity index is 1.39. The highest BCUT2D eigenvalue weighted by Crippen LogP contribution is 2.37. The van der Waals surface area contributed by atoms with Crippen molar-refractivity contribution in [1.29, 1.82) is 0 Å². The van der Waals surface area contributed by atoms with E-state index in [1.807, 2.05) is 6.92 Å². The lowest BCUT2D eigenvalue weighted by molar-refractivity contribution is -0.117. The molecule has 2 heterocycles. The second-order valence-electron chi connectivity index (χ2n) is 10.4. The Hall–Kier alpha value is -3.99. The molecule has 1 fully saturated rings. The minimum Gasteiger partial charge on any atom is -0.485 e. The molecule has 0 saturated heterocycles. The van der Waals surface area contributed by atoms with Crippen molar-refractivity contribution in [2.24, 2.45) is 11.8 Å². The van der Waals surface area contributed by atoms with Crippen molar-refractivity contribution >= 4 is 29.2 Å². The number of hydrogen-bond acceptors (Lipinski definition) is 7. The van der Waals surface area contributed by atoms with E-state index >= 15 is 0 Å². The molecule has 2 aromatic rings. The first-order valence-corrected chi connectivity index (χ1v) is 13.2. The van der Waals surface area contributed by atoms with Crippen LogP contribution in [-0.4, -0.2) is 78.4 Å². The fraction of sp³-hybridized carbons (Fsp3) is 0.464. The van der Waals surface area contributed by atoms with Crippen LogP contribution in [0.3, 0.4) is 0 Å². The normalized spacial score (nSPS) is 20.7. The Labute approximate surface area is 227 Å². The van der Waals surface area contributed by atoms with Crippen LogP contribution in [0.4, 0.5) is 16.2 Å². The zero-order valence-corrected chi connectivity index (χ0v) is 22.3. The number of carbonyl (C=O) groups is 3. The van der Waals surface area contributed by atoms with Crippen LogP contribution in [0, 0.1) is 11.8 Å². The Morgan fingerprint density at radius 3 is 2.67 bits per heavy atom. The van der Waals surface area contributed by atoms with Gasteiger partial charge in [0.05, 0.1) is 30.4 Å². The number of benzene rings is 2. The van der Waals surface area contributed by atoms with Crippen molar-refractivity contribution in [2.75, 3.05) is 44.2 Å². The van der Waals surface area contributed by atoms with Gasteiger partial charge in [-0.2, -0.15) is 0 Å². The van der Waals surface area contributed by atoms with Crippen molar-refractivity contribution in [3.05, 3.63) is 42.0 Å². The molecule has 2 aliphatic heterocycles. The molecule has 3 atom stereocenters. The zero-order valence-electron chi connectivity index (χ0n) is 22.3. The van der Waals surface area contributed by atoms with Gasteiger partial charge in [0, 0.05) is 37.2 Å². The summed E-state index contributed by atoms with van der Waals surface area (Å²) in [5.41, 5.74) is 1.28. The number of para-hydroxylation sites is 1. The lowest BCUT2D eigenvalue weighted by atomic mass is 9.99. The topological polar surface area (TPSA) is 130 Å². The van der Waals surface area contributed by atoms with Gasteiger partial charge in [-0.3, -0.25) is 9.59 Å². The molecule has 3 aliphatic rings. The van der Waals surface area contributed by atoms with E-state index in [1.165, 1.54) is 4.90 Å². The number of rotatable bonds is 7. The number of fused-ring (bicyclic) bond motifs is 2. The van der Waals surface area contributed by atoms with Crippen LogP contribution in [0.5, 0.6) is 17.2 Å². The van der Waals surface area contributed by atoms with Crippen molar-refractivity contribution in [2.45, 2.75) is 38.8 Å². The van der Waals surface area contributed by atoms with E-state index in [1.54, 1.807) is 55.3 Å². The summed E-state index contributed by atoms with van der Waals surface area (Å²) < 4.78 is 17.2. The molecule has 1 aliphatic carbocycles. The molecule has 11 heteroatoms. The van der Waals surface area contributed by atoms with E-state index < -0.39 is 12.1 Å². The van der Waals surface area contributed by atoms with Crippen LogP contribution in [0.1, 0.15) is 37.0 Å². The summed E-state index contributed by atoms with van der Waals surface area (Å²) in [4.78, 5) is 42.4.